The second kappa shape index (κ2) is 2.50. The minimum atomic E-state index is 0.0532. The van der Waals surface area contributed by atoms with E-state index in [9.17, 15) is 4.79 Å². The Balaban J connectivity index is 1.89. The lowest BCUT2D eigenvalue weighted by molar-refractivity contribution is -0.148. The maximum atomic E-state index is 11.3. The predicted molar refractivity (Wildman–Crippen MR) is 41.0 cm³/mol. The van der Waals surface area contributed by atoms with Crippen LogP contribution in [0.1, 0.15) is 26.2 Å². The van der Waals surface area contributed by atoms with Gasteiger partial charge in [-0.1, -0.05) is 0 Å². The average molecular weight is 154 g/mol. The minimum Gasteiger partial charge on any atom is -0.466 e. The summed E-state index contributed by atoms with van der Waals surface area (Å²) in [5.74, 6) is 1.90. The summed E-state index contributed by atoms with van der Waals surface area (Å²) < 4.78 is 4.98. The van der Waals surface area contributed by atoms with Crippen LogP contribution in [-0.4, -0.2) is 12.6 Å². The van der Waals surface area contributed by atoms with Gasteiger partial charge in [0, 0.05) is 0 Å². The number of rotatable bonds is 2. The molecule has 3 unspecified atom stereocenters. The van der Waals surface area contributed by atoms with Gasteiger partial charge in [-0.3, -0.25) is 4.79 Å². The van der Waals surface area contributed by atoms with Gasteiger partial charge in [-0.2, -0.15) is 0 Å². The quantitative estimate of drug-likeness (QED) is 0.565. The molecule has 0 heterocycles. The third kappa shape index (κ3) is 1.15. The van der Waals surface area contributed by atoms with Crippen molar-refractivity contribution >= 4 is 5.97 Å². The first-order chi connectivity index (χ1) is 5.33. The number of carbonyl (C=O) groups excluding carboxylic acids is 1. The third-order valence-corrected chi connectivity index (χ3v) is 2.93. The molecule has 11 heavy (non-hydrogen) atoms. The maximum Gasteiger partial charge on any atom is 0.309 e. The summed E-state index contributed by atoms with van der Waals surface area (Å²) >= 11 is 0. The van der Waals surface area contributed by atoms with Crippen molar-refractivity contribution in [1.82, 2.24) is 0 Å². The van der Waals surface area contributed by atoms with E-state index in [1.54, 1.807) is 0 Å². The number of esters is 1. The predicted octanol–water partition coefficient (Wildman–Crippen LogP) is 1.60. The van der Waals surface area contributed by atoms with E-state index in [1.165, 1.54) is 12.8 Å². The minimum absolute atomic E-state index is 0.0532. The molecule has 0 bridgehead atoms. The molecule has 0 N–H and O–H groups in total. The molecule has 2 heteroatoms. The summed E-state index contributed by atoms with van der Waals surface area (Å²) in [6.45, 7) is 2.41. The van der Waals surface area contributed by atoms with Crippen molar-refractivity contribution in [3.05, 3.63) is 0 Å². The summed E-state index contributed by atoms with van der Waals surface area (Å²) in [6.07, 6.45) is 3.62. The molecule has 62 valence electrons. The highest BCUT2D eigenvalue weighted by molar-refractivity contribution is 5.73. The Morgan fingerprint density at radius 2 is 2.36 bits per heavy atom. The second-order valence-electron chi connectivity index (χ2n) is 3.60. The highest BCUT2D eigenvalue weighted by Crippen LogP contribution is 2.55. The van der Waals surface area contributed by atoms with Crippen LogP contribution < -0.4 is 0 Å². The van der Waals surface area contributed by atoms with E-state index in [0.717, 1.165) is 12.3 Å². The highest BCUT2D eigenvalue weighted by atomic mass is 16.5. The fourth-order valence-electron chi connectivity index (χ4n) is 2.25. The van der Waals surface area contributed by atoms with Crippen LogP contribution in [0.2, 0.25) is 0 Å². The maximum absolute atomic E-state index is 11.3. The molecule has 0 amide bonds. The first-order valence-electron chi connectivity index (χ1n) is 4.49. The summed E-state index contributed by atoms with van der Waals surface area (Å²) in [7, 11) is 0. The summed E-state index contributed by atoms with van der Waals surface area (Å²) in [4.78, 5) is 11.3. The van der Waals surface area contributed by atoms with E-state index in [0.29, 0.717) is 12.5 Å². The van der Waals surface area contributed by atoms with Gasteiger partial charge in [-0.05, 0) is 38.0 Å². The van der Waals surface area contributed by atoms with E-state index >= 15 is 0 Å². The largest absolute Gasteiger partial charge is 0.466 e. The molecule has 2 aliphatic carbocycles. The van der Waals surface area contributed by atoms with E-state index in [-0.39, 0.29) is 11.9 Å². The lowest BCUT2D eigenvalue weighted by atomic mass is 10.0. The van der Waals surface area contributed by atoms with Crippen LogP contribution in [0, 0.1) is 17.8 Å². The van der Waals surface area contributed by atoms with Crippen molar-refractivity contribution in [2.24, 2.45) is 17.8 Å². The van der Waals surface area contributed by atoms with Gasteiger partial charge in [0.15, 0.2) is 0 Å². The molecule has 3 atom stereocenters. The Hall–Kier alpha value is -0.530. The van der Waals surface area contributed by atoms with Crippen molar-refractivity contribution in [3.8, 4) is 0 Å². The van der Waals surface area contributed by atoms with Crippen LogP contribution in [0.4, 0.5) is 0 Å². The number of fused-ring (bicyclic) bond motifs is 1. The van der Waals surface area contributed by atoms with Crippen molar-refractivity contribution in [3.63, 3.8) is 0 Å². The molecule has 2 saturated carbocycles. The van der Waals surface area contributed by atoms with Crippen LogP contribution in [0.25, 0.3) is 0 Å². The Kier molecular flexibility index (Phi) is 1.63. The monoisotopic (exact) mass is 154 g/mol. The Bertz CT molecular complexity index is 176. The Morgan fingerprint density at radius 3 is 2.82 bits per heavy atom. The molecular formula is C9H14O2. The SMILES string of the molecule is CCOC(=O)C1CCC2CC21. The van der Waals surface area contributed by atoms with E-state index < -0.39 is 0 Å². The van der Waals surface area contributed by atoms with Crippen molar-refractivity contribution in [2.75, 3.05) is 6.61 Å². The van der Waals surface area contributed by atoms with Crippen molar-refractivity contribution in [2.45, 2.75) is 26.2 Å². The number of carbonyl (C=O) groups is 1. The van der Waals surface area contributed by atoms with Gasteiger partial charge >= 0.3 is 5.97 Å². The third-order valence-electron chi connectivity index (χ3n) is 2.93. The van der Waals surface area contributed by atoms with Crippen molar-refractivity contribution < 1.29 is 9.53 Å². The first-order valence-corrected chi connectivity index (χ1v) is 4.49. The molecule has 0 aromatic rings. The molecule has 2 aliphatic rings. The molecule has 0 aliphatic heterocycles. The number of hydrogen-bond acceptors (Lipinski definition) is 2. The fourth-order valence-corrected chi connectivity index (χ4v) is 2.25. The zero-order valence-corrected chi connectivity index (χ0v) is 6.88. The first kappa shape index (κ1) is 7.14. The van der Waals surface area contributed by atoms with E-state index in [1.807, 2.05) is 6.92 Å². The van der Waals surface area contributed by atoms with E-state index in [4.69, 9.17) is 4.74 Å². The lowest BCUT2D eigenvalue weighted by Crippen LogP contribution is -2.17. The smallest absolute Gasteiger partial charge is 0.309 e. The molecule has 0 saturated heterocycles. The molecule has 2 fully saturated rings. The van der Waals surface area contributed by atoms with Gasteiger partial charge in [0.2, 0.25) is 0 Å². The van der Waals surface area contributed by atoms with Gasteiger partial charge in [0.25, 0.3) is 0 Å². The van der Waals surface area contributed by atoms with Gasteiger partial charge in [0.1, 0.15) is 0 Å². The summed E-state index contributed by atoms with van der Waals surface area (Å²) in [5.41, 5.74) is 0. The molecular weight excluding hydrogens is 140 g/mol. The van der Waals surface area contributed by atoms with Crippen LogP contribution in [-0.2, 0) is 9.53 Å². The van der Waals surface area contributed by atoms with Gasteiger partial charge in [-0.15, -0.1) is 0 Å². The van der Waals surface area contributed by atoms with Crippen LogP contribution in [0.15, 0.2) is 0 Å². The summed E-state index contributed by atoms with van der Waals surface area (Å²) in [5, 5.41) is 0. The van der Waals surface area contributed by atoms with Crippen LogP contribution in [0.3, 0.4) is 0 Å². The molecule has 2 rings (SSSR count). The zero-order chi connectivity index (χ0) is 7.84. The molecule has 2 nitrogen and oxygen atoms in total. The lowest BCUT2D eigenvalue weighted by Gasteiger charge is -2.09. The Morgan fingerprint density at radius 1 is 1.55 bits per heavy atom. The standard InChI is InChI=1S/C9H14O2/c1-2-11-9(10)7-4-3-6-5-8(6)7/h6-8H,2-5H2,1H3. The summed E-state index contributed by atoms with van der Waals surface area (Å²) in [6, 6.07) is 0. The Labute approximate surface area is 66.9 Å². The molecule has 0 spiro atoms. The topological polar surface area (TPSA) is 26.3 Å². The second-order valence-corrected chi connectivity index (χ2v) is 3.60. The highest BCUT2D eigenvalue weighted by Gasteiger charge is 2.51. The number of ether oxygens (including phenoxy) is 1. The van der Waals surface area contributed by atoms with Crippen molar-refractivity contribution in [1.29, 1.82) is 0 Å². The number of hydrogen-bond donors (Lipinski definition) is 0. The zero-order valence-electron chi connectivity index (χ0n) is 6.88. The van der Waals surface area contributed by atoms with Gasteiger partial charge < -0.3 is 4.74 Å². The molecule has 0 radical (unpaired) electrons. The average Bonchev–Trinajstić information content (AvgIpc) is 2.63. The van der Waals surface area contributed by atoms with Crippen LogP contribution in [0.5, 0.6) is 0 Å². The van der Waals surface area contributed by atoms with Crippen LogP contribution >= 0.6 is 0 Å². The molecule has 0 aromatic heterocycles. The van der Waals surface area contributed by atoms with E-state index in [2.05, 4.69) is 0 Å². The fraction of sp³-hybridized carbons (Fsp3) is 0.889. The normalized spacial score (nSPS) is 39.9. The van der Waals surface area contributed by atoms with Gasteiger partial charge in [0.05, 0.1) is 12.5 Å². The molecule has 0 aromatic carbocycles. The van der Waals surface area contributed by atoms with Gasteiger partial charge in [-0.25, -0.2) is 0 Å².